The van der Waals surface area contributed by atoms with Crippen molar-refractivity contribution in [3.05, 3.63) is 45.6 Å². The molecule has 2 aromatic rings. The molecule has 0 saturated heterocycles. The second kappa shape index (κ2) is 7.77. The Kier molecular flexibility index (Phi) is 5.93. The number of thiophene rings is 1. The van der Waals surface area contributed by atoms with Crippen LogP contribution in [0.15, 0.2) is 35.2 Å². The molecule has 0 atom stereocenters. The van der Waals surface area contributed by atoms with Gasteiger partial charge in [-0.05, 0) is 43.7 Å². The third-order valence-electron chi connectivity index (χ3n) is 3.42. The third-order valence-corrected chi connectivity index (χ3v) is 6.12. The molecule has 0 spiro atoms. The lowest BCUT2D eigenvalue weighted by molar-refractivity contribution is 0.0994. The molecule has 0 bridgehead atoms. The highest BCUT2D eigenvalue weighted by Crippen LogP contribution is 2.22. The fourth-order valence-corrected chi connectivity index (χ4v) is 4.10. The average Bonchev–Trinajstić information content (AvgIpc) is 3.03. The van der Waals surface area contributed by atoms with Crippen molar-refractivity contribution in [2.24, 2.45) is 5.73 Å². The van der Waals surface area contributed by atoms with Gasteiger partial charge >= 0.3 is 0 Å². The summed E-state index contributed by atoms with van der Waals surface area (Å²) in [5, 5.41) is 0. The number of nitrogens with two attached hydrogens (primary N) is 1. The average molecular weight is 382 g/mol. The third kappa shape index (κ3) is 4.65. The van der Waals surface area contributed by atoms with E-state index in [1.54, 1.807) is 12.1 Å². The minimum absolute atomic E-state index is 0.00488. The molecule has 0 aliphatic rings. The maximum absolute atomic E-state index is 12.4. The number of carbonyl (C=O) groups excluding carboxylic acids is 2. The van der Waals surface area contributed by atoms with E-state index in [2.05, 4.69) is 4.72 Å². The molecule has 25 heavy (non-hydrogen) atoms. The van der Waals surface area contributed by atoms with E-state index in [9.17, 15) is 18.0 Å². The number of methoxy groups -OCH3 is 1. The normalized spacial score (nSPS) is 11.3. The lowest BCUT2D eigenvalue weighted by Crippen LogP contribution is -2.26. The standard InChI is InChI=1S/C16H18N2O5S2/c1-10(19)15-6-3-11(24-15)7-8-18-25(21,22)12-4-5-14(23-2)13(9-12)16(17)20/h3-6,9,18H,7-8H2,1-2H3,(H2,17,20). The molecular formula is C16H18N2O5S2. The summed E-state index contributed by atoms with van der Waals surface area (Å²) in [6.07, 6.45) is 0.454. The molecule has 0 aliphatic carbocycles. The molecule has 1 aromatic carbocycles. The van der Waals surface area contributed by atoms with Gasteiger partial charge in [0.25, 0.3) is 5.91 Å². The van der Waals surface area contributed by atoms with E-state index in [0.29, 0.717) is 11.3 Å². The minimum atomic E-state index is -3.80. The van der Waals surface area contributed by atoms with Crippen LogP contribution in [-0.2, 0) is 16.4 Å². The molecule has 2 rings (SSSR count). The number of Topliss-reactive ketones (excluding diaryl/α,β-unsaturated/α-hetero) is 1. The molecule has 3 N–H and O–H groups in total. The van der Waals surface area contributed by atoms with E-state index in [1.807, 2.05) is 0 Å². The van der Waals surface area contributed by atoms with Crippen LogP contribution < -0.4 is 15.2 Å². The van der Waals surface area contributed by atoms with E-state index in [4.69, 9.17) is 10.5 Å². The van der Waals surface area contributed by atoms with Crippen molar-refractivity contribution in [1.29, 1.82) is 0 Å². The van der Waals surface area contributed by atoms with Crippen LogP contribution in [0.3, 0.4) is 0 Å². The number of carbonyl (C=O) groups is 2. The monoisotopic (exact) mass is 382 g/mol. The SMILES string of the molecule is COc1ccc(S(=O)(=O)NCCc2ccc(C(C)=O)s2)cc1C(N)=O. The Morgan fingerprint density at radius 2 is 1.96 bits per heavy atom. The van der Waals surface area contributed by atoms with Crippen LogP contribution in [0.5, 0.6) is 5.75 Å². The Balaban J connectivity index is 2.09. The zero-order chi connectivity index (χ0) is 18.6. The van der Waals surface area contributed by atoms with Gasteiger partial charge in [-0.15, -0.1) is 11.3 Å². The van der Waals surface area contributed by atoms with Crippen LogP contribution in [0.1, 0.15) is 31.8 Å². The van der Waals surface area contributed by atoms with Gasteiger partial charge in [0, 0.05) is 11.4 Å². The van der Waals surface area contributed by atoms with Gasteiger partial charge in [-0.2, -0.15) is 0 Å². The summed E-state index contributed by atoms with van der Waals surface area (Å²) >= 11 is 1.34. The van der Waals surface area contributed by atoms with Crippen LogP contribution in [0.25, 0.3) is 0 Å². The number of sulfonamides is 1. The lowest BCUT2D eigenvalue weighted by Gasteiger charge is -2.10. The summed E-state index contributed by atoms with van der Waals surface area (Å²) < 4.78 is 32.2. The van der Waals surface area contributed by atoms with Gasteiger partial charge < -0.3 is 10.5 Å². The number of rotatable bonds is 8. The van der Waals surface area contributed by atoms with E-state index >= 15 is 0 Å². The Labute approximate surface area is 149 Å². The van der Waals surface area contributed by atoms with Crippen LogP contribution in [0, 0.1) is 0 Å². The van der Waals surface area contributed by atoms with Crippen LogP contribution in [0.4, 0.5) is 0 Å². The van der Waals surface area contributed by atoms with E-state index in [0.717, 1.165) is 4.88 Å². The predicted molar refractivity (Wildman–Crippen MR) is 94.7 cm³/mol. The number of ketones is 1. The summed E-state index contributed by atoms with van der Waals surface area (Å²) in [6, 6.07) is 7.43. The lowest BCUT2D eigenvalue weighted by atomic mass is 10.2. The van der Waals surface area contributed by atoms with Gasteiger partial charge in [0.05, 0.1) is 22.4 Å². The molecule has 134 valence electrons. The number of ether oxygens (including phenoxy) is 1. The number of amides is 1. The van der Waals surface area contributed by atoms with Gasteiger partial charge in [-0.1, -0.05) is 0 Å². The smallest absolute Gasteiger partial charge is 0.252 e. The topological polar surface area (TPSA) is 116 Å². The van der Waals surface area contributed by atoms with Gasteiger partial charge in [0.15, 0.2) is 5.78 Å². The minimum Gasteiger partial charge on any atom is -0.496 e. The zero-order valence-electron chi connectivity index (χ0n) is 13.7. The molecule has 0 fully saturated rings. The fourth-order valence-electron chi connectivity index (χ4n) is 2.14. The fraction of sp³-hybridized carbons (Fsp3) is 0.250. The summed E-state index contributed by atoms with van der Waals surface area (Å²) in [4.78, 5) is 24.2. The molecule has 9 heteroatoms. The molecule has 1 amide bonds. The first kappa shape index (κ1) is 19.1. The highest BCUT2D eigenvalue weighted by molar-refractivity contribution is 7.89. The van der Waals surface area contributed by atoms with Crippen molar-refractivity contribution in [3.63, 3.8) is 0 Å². The van der Waals surface area contributed by atoms with Crippen molar-refractivity contribution in [1.82, 2.24) is 4.72 Å². The first-order valence-corrected chi connectivity index (χ1v) is 9.61. The number of benzene rings is 1. The van der Waals surface area contributed by atoms with Crippen molar-refractivity contribution < 1.29 is 22.7 Å². The molecule has 1 heterocycles. The van der Waals surface area contributed by atoms with Crippen molar-refractivity contribution in [2.45, 2.75) is 18.2 Å². The van der Waals surface area contributed by atoms with E-state index in [-0.39, 0.29) is 28.5 Å². The molecule has 7 nitrogen and oxygen atoms in total. The van der Waals surface area contributed by atoms with Crippen molar-refractivity contribution >= 4 is 33.1 Å². The maximum Gasteiger partial charge on any atom is 0.252 e. The number of nitrogens with one attached hydrogen (secondary N) is 1. The second-order valence-corrected chi connectivity index (χ2v) is 8.13. The van der Waals surface area contributed by atoms with Gasteiger partial charge in [0.2, 0.25) is 10.0 Å². The number of hydrogen-bond donors (Lipinski definition) is 2. The zero-order valence-corrected chi connectivity index (χ0v) is 15.4. The maximum atomic E-state index is 12.4. The summed E-state index contributed by atoms with van der Waals surface area (Å²) in [5.41, 5.74) is 5.24. The summed E-state index contributed by atoms with van der Waals surface area (Å²) in [5.74, 6) is -0.583. The molecular weight excluding hydrogens is 364 g/mol. The van der Waals surface area contributed by atoms with Crippen LogP contribution in [-0.4, -0.2) is 33.8 Å². The Morgan fingerprint density at radius 1 is 1.24 bits per heavy atom. The largest absolute Gasteiger partial charge is 0.496 e. The number of primary amides is 1. The van der Waals surface area contributed by atoms with Gasteiger partial charge in [-0.25, -0.2) is 13.1 Å². The van der Waals surface area contributed by atoms with Gasteiger partial charge in [-0.3, -0.25) is 9.59 Å². The van der Waals surface area contributed by atoms with Crippen molar-refractivity contribution in [3.8, 4) is 5.75 Å². The highest BCUT2D eigenvalue weighted by atomic mass is 32.2. The summed E-state index contributed by atoms with van der Waals surface area (Å²) in [6.45, 7) is 1.65. The molecule has 0 saturated carbocycles. The van der Waals surface area contributed by atoms with Crippen LogP contribution >= 0.6 is 11.3 Å². The summed E-state index contributed by atoms with van der Waals surface area (Å²) in [7, 11) is -2.43. The van der Waals surface area contributed by atoms with Crippen molar-refractivity contribution in [2.75, 3.05) is 13.7 Å². The van der Waals surface area contributed by atoms with Gasteiger partial charge in [0.1, 0.15) is 5.75 Å². The second-order valence-electron chi connectivity index (χ2n) is 5.20. The quantitative estimate of drug-likeness (QED) is 0.673. The molecule has 0 aliphatic heterocycles. The number of hydrogen-bond acceptors (Lipinski definition) is 6. The predicted octanol–water partition coefficient (Wildman–Crippen LogP) is 1.58. The first-order valence-electron chi connectivity index (χ1n) is 7.31. The molecule has 0 unspecified atom stereocenters. The highest BCUT2D eigenvalue weighted by Gasteiger charge is 2.18. The van der Waals surface area contributed by atoms with Crippen LogP contribution in [0.2, 0.25) is 0 Å². The Morgan fingerprint density at radius 3 is 2.52 bits per heavy atom. The molecule has 0 radical (unpaired) electrons. The molecule has 1 aromatic heterocycles. The van der Waals surface area contributed by atoms with E-state index < -0.39 is 15.9 Å². The Bertz CT molecular complexity index is 903. The van der Waals surface area contributed by atoms with E-state index in [1.165, 1.54) is 43.6 Å². The first-order chi connectivity index (χ1) is 11.7. The Hall–Kier alpha value is -2.23.